The van der Waals surface area contributed by atoms with Crippen molar-refractivity contribution in [2.45, 2.75) is 31.8 Å². The van der Waals surface area contributed by atoms with E-state index in [2.05, 4.69) is 10.1 Å². The third-order valence-electron chi connectivity index (χ3n) is 3.89. The van der Waals surface area contributed by atoms with Crippen LogP contribution in [0.3, 0.4) is 0 Å². The molecule has 2 aromatic rings. The Hall–Kier alpha value is -1.81. The molecule has 2 atom stereocenters. The quantitative estimate of drug-likeness (QED) is 0.776. The number of ether oxygens (including phenoxy) is 2. The topological polar surface area (TPSA) is 104 Å². The summed E-state index contributed by atoms with van der Waals surface area (Å²) in [6.45, 7) is 2.51. The van der Waals surface area contributed by atoms with Gasteiger partial charge in [0.2, 0.25) is 5.79 Å². The lowest BCUT2D eigenvalue weighted by atomic mass is 10.0. The summed E-state index contributed by atoms with van der Waals surface area (Å²) in [5.74, 6) is -1.43. The summed E-state index contributed by atoms with van der Waals surface area (Å²) in [6, 6.07) is 7.74. The zero-order chi connectivity index (χ0) is 17.2. The van der Waals surface area contributed by atoms with Crippen LogP contribution in [0.25, 0.3) is 0 Å². The summed E-state index contributed by atoms with van der Waals surface area (Å²) < 4.78 is 44.4. The van der Waals surface area contributed by atoms with E-state index in [0.717, 1.165) is 11.1 Å². The third-order valence-corrected chi connectivity index (χ3v) is 4.64. The second-order valence-corrected chi connectivity index (χ2v) is 7.41. The second kappa shape index (κ2) is 6.60. The Kier molecular flexibility index (Phi) is 4.68. The number of aromatic nitrogens is 3. The number of hydrogen-bond acceptors (Lipinski definition) is 6. The maximum absolute atomic E-state index is 10.9. The summed E-state index contributed by atoms with van der Waals surface area (Å²) in [5, 5.41) is 4.09. The van der Waals surface area contributed by atoms with Gasteiger partial charge in [-0.2, -0.15) is 13.5 Å². The normalized spacial score (nSPS) is 24.3. The van der Waals surface area contributed by atoms with Crippen molar-refractivity contribution in [1.29, 1.82) is 0 Å². The summed E-state index contributed by atoms with van der Waals surface area (Å²) in [4.78, 5) is 3.92. The number of aryl methyl sites for hydroxylation is 1. The first-order valence-corrected chi connectivity index (χ1v) is 9.14. The first-order chi connectivity index (χ1) is 11.4. The van der Waals surface area contributed by atoms with Crippen molar-refractivity contribution in [2.75, 3.05) is 12.4 Å². The van der Waals surface area contributed by atoms with Crippen LogP contribution in [0.5, 0.6) is 0 Å². The molecule has 8 nitrogen and oxygen atoms in total. The lowest BCUT2D eigenvalue weighted by Crippen LogP contribution is -2.34. The van der Waals surface area contributed by atoms with E-state index in [1.807, 2.05) is 31.2 Å². The average molecular weight is 353 g/mol. The van der Waals surface area contributed by atoms with E-state index in [0.29, 0.717) is 6.54 Å². The molecule has 0 amide bonds. The summed E-state index contributed by atoms with van der Waals surface area (Å²) >= 11 is 0. The van der Waals surface area contributed by atoms with E-state index in [1.165, 1.54) is 6.33 Å². The molecule has 0 spiro atoms. The summed E-state index contributed by atoms with van der Waals surface area (Å²) in [5.41, 5.74) is 1.92. The minimum Gasteiger partial charge on any atom is -0.342 e. The fourth-order valence-electron chi connectivity index (χ4n) is 2.65. The SMILES string of the molecule is Cc1ccc(C2(Cn3cncn3)OCC(CCS(=O)(=O)O)O2)cc1. The van der Waals surface area contributed by atoms with Crippen LogP contribution in [0, 0.1) is 6.92 Å². The maximum Gasteiger partial charge on any atom is 0.264 e. The molecular weight excluding hydrogens is 334 g/mol. The van der Waals surface area contributed by atoms with Gasteiger partial charge in [-0.15, -0.1) is 0 Å². The largest absolute Gasteiger partial charge is 0.342 e. The molecule has 3 rings (SSSR count). The fraction of sp³-hybridized carbons (Fsp3) is 0.467. The Labute approximate surface area is 140 Å². The van der Waals surface area contributed by atoms with Crippen LogP contribution in [0.1, 0.15) is 17.5 Å². The molecule has 130 valence electrons. The first-order valence-electron chi connectivity index (χ1n) is 7.53. The standard InChI is InChI=1S/C15H19N3O5S/c1-12-2-4-13(5-3-12)15(9-18-11-16-10-17-18)22-8-14(23-15)6-7-24(19,20)21/h2-5,10-11,14H,6-9H2,1H3,(H,19,20,21). The van der Waals surface area contributed by atoms with E-state index in [1.54, 1.807) is 11.0 Å². The molecule has 9 heteroatoms. The van der Waals surface area contributed by atoms with Crippen LogP contribution in [-0.4, -0.2) is 46.2 Å². The molecule has 0 saturated carbocycles. The van der Waals surface area contributed by atoms with Crippen molar-refractivity contribution < 1.29 is 22.4 Å². The minimum atomic E-state index is -4.03. The smallest absolute Gasteiger partial charge is 0.264 e. The predicted molar refractivity (Wildman–Crippen MR) is 84.7 cm³/mol. The van der Waals surface area contributed by atoms with Crippen LogP contribution in [-0.2, 0) is 31.9 Å². The van der Waals surface area contributed by atoms with E-state index >= 15 is 0 Å². The van der Waals surface area contributed by atoms with Gasteiger partial charge in [-0.05, 0) is 13.3 Å². The molecule has 0 aliphatic carbocycles. The number of hydrogen-bond donors (Lipinski definition) is 1. The maximum atomic E-state index is 10.9. The second-order valence-electron chi connectivity index (χ2n) is 5.84. The van der Waals surface area contributed by atoms with Gasteiger partial charge in [-0.1, -0.05) is 29.8 Å². The van der Waals surface area contributed by atoms with Crippen molar-refractivity contribution in [3.8, 4) is 0 Å². The molecule has 0 bridgehead atoms. The highest BCUT2D eigenvalue weighted by Crippen LogP contribution is 2.37. The van der Waals surface area contributed by atoms with Gasteiger partial charge < -0.3 is 9.47 Å². The number of nitrogens with zero attached hydrogens (tertiary/aromatic N) is 3. The molecule has 1 aliphatic heterocycles. The highest BCUT2D eigenvalue weighted by molar-refractivity contribution is 7.85. The molecule has 1 N–H and O–H groups in total. The van der Waals surface area contributed by atoms with Crippen LogP contribution < -0.4 is 0 Å². The van der Waals surface area contributed by atoms with Crippen molar-refractivity contribution in [1.82, 2.24) is 14.8 Å². The number of benzene rings is 1. The van der Waals surface area contributed by atoms with Crippen LogP contribution in [0.4, 0.5) is 0 Å². The Morgan fingerprint density at radius 2 is 2.12 bits per heavy atom. The van der Waals surface area contributed by atoms with Crippen LogP contribution >= 0.6 is 0 Å². The third kappa shape index (κ3) is 3.99. The van der Waals surface area contributed by atoms with Gasteiger partial charge in [-0.3, -0.25) is 4.55 Å². The van der Waals surface area contributed by atoms with Gasteiger partial charge in [0.25, 0.3) is 10.1 Å². The van der Waals surface area contributed by atoms with Gasteiger partial charge in [-0.25, -0.2) is 9.67 Å². The van der Waals surface area contributed by atoms with Crippen LogP contribution in [0.2, 0.25) is 0 Å². The van der Waals surface area contributed by atoms with E-state index in [-0.39, 0.29) is 18.8 Å². The predicted octanol–water partition coefficient (Wildman–Crippen LogP) is 1.13. The van der Waals surface area contributed by atoms with Gasteiger partial charge in [0.05, 0.1) is 18.5 Å². The summed E-state index contributed by atoms with van der Waals surface area (Å²) in [6.07, 6.45) is 2.71. The van der Waals surface area contributed by atoms with Crippen LogP contribution in [0.15, 0.2) is 36.9 Å². The lowest BCUT2D eigenvalue weighted by molar-refractivity contribution is -0.188. The molecule has 2 heterocycles. The molecule has 0 radical (unpaired) electrons. The van der Waals surface area contributed by atoms with Gasteiger partial charge in [0.15, 0.2) is 0 Å². The Morgan fingerprint density at radius 3 is 2.75 bits per heavy atom. The highest BCUT2D eigenvalue weighted by Gasteiger charge is 2.44. The Morgan fingerprint density at radius 1 is 1.38 bits per heavy atom. The lowest BCUT2D eigenvalue weighted by Gasteiger charge is -2.28. The molecule has 1 aliphatic rings. The molecule has 1 fully saturated rings. The minimum absolute atomic E-state index is 0.157. The van der Waals surface area contributed by atoms with E-state index in [9.17, 15) is 8.42 Å². The fourth-order valence-corrected chi connectivity index (χ4v) is 3.21. The highest BCUT2D eigenvalue weighted by atomic mass is 32.2. The van der Waals surface area contributed by atoms with E-state index < -0.39 is 22.0 Å². The molecule has 1 aromatic carbocycles. The summed E-state index contributed by atoms with van der Waals surface area (Å²) in [7, 11) is -4.03. The zero-order valence-electron chi connectivity index (χ0n) is 13.2. The van der Waals surface area contributed by atoms with Gasteiger partial charge >= 0.3 is 0 Å². The van der Waals surface area contributed by atoms with Crippen molar-refractivity contribution in [3.63, 3.8) is 0 Å². The molecule has 1 saturated heterocycles. The van der Waals surface area contributed by atoms with Gasteiger partial charge in [0.1, 0.15) is 19.2 Å². The molecule has 1 aromatic heterocycles. The molecular formula is C15H19N3O5S. The first kappa shape index (κ1) is 17.0. The van der Waals surface area contributed by atoms with E-state index in [4.69, 9.17) is 14.0 Å². The average Bonchev–Trinajstić information content (AvgIpc) is 3.16. The number of rotatable bonds is 6. The van der Waals surface area contributed by atoms with Crippen molar-refractivity contribution in [3.05, 3.63) is 48.0 Å². The Bertz CT molecular complexity index is 776. The molecule has 2 unspecified atom stereocenters. The Balaban J connectivity index is 1.82. The monoisotopic (exact) mass is 353 g/mol. The molecule has 24 heavy (non-hydrogen) atoms. The van der Waals surface area contributed by atoms with Gasteiger partial charge in [0, 0.05) is 5.56 Å². The zero-order valence-corrected chi connectivity index (χ0v) is 14.0. The van der Waals surface area contributed by atoms with Crippen molar-refractivity contribution >= 4 is 10.1 Å². The van der Waals surface area contributed by atoms with Crippen molar-refractivity contribution in [2.24, 2.45) is 0 Å².